The molecule has 12 heteroatoms. The van der Waals surface area contributed by atoms with E-state index in [1.54, 1.807) is 30.3 Å². The lowest BCUT2D eigenvalue weighted by atomic mass is 10.2. The molecule has 3 aromatic rings. The number of aliphatic hydroxyl groups excluding tert-OH is 1. The highest BCUT2D eigenvalue weighted by molar-refractivity contribution is 7.90. The number of carbonyl (C=O) groups excluding carboxylic acids is 1. The lowest BCUT2D eigenvalue weighted by molar-refractivity contribution is 0.0985. The van der Waals surface area contributed by atoms with Gasteiger partial charge in [0, 0.05) is 30.4 Å². The third-order valence-electron chi connectivity index (χ3n) is 5.74. The molecule has 2 heterocycles. The van der Waals surface area contributed by atoms with E-state index in [0.717, 1.165) is 12.1 Å². The number of rotatable bonds is 8. The Bertz CT molecular complexity index is 1340. The smallest absolute Gasteiger partial charge is 0.319 e. The van der Waals surface area contributed by atoms with Crippen LogP contribution in [-0.4, -0.2) is 68.5 Å². The Balaban J connectivity index is 1.65. The number of benzene rings is 2. The zero-order chi connectivity index (χ0) is 26.4. The van der Waals surface area contributed by atoms with Crippen LogP contribution in [0.3, 0.4) is 0 Å². The fourth-order valence-corrected chi connectivity index (χ4v) is 5.12. The van der Waals surface area contributed by atoms with Crippen molar-refractivity contribution in [3.63, 3.8) is 0 Å². The summed E-state index contributed by atoms with van der Waals surface area (Å²) >= 11 is 0. The van der Waals surface area contributed by atoms with Crippen LogP contribution in [0.5, 0.6) is 0 Å². The van der Waals surface area contributed by atoms with Gasteiger partial charge in [0.2, 0.25) is 0 Å². The molecule has 37 heavy (non-hydrogen) atoms. The predicted octanol–water partition coefficient (Wildman–Crippen LogP) is 2.60. The van der Waals surface area contributed by atoms with Crippen molar-refractivity contribution in [1.82, 2.24) is 15.3 Å². The second-order valence-corrected chi connectivity index (χ2v) is 10.5. The van der Waals surface area contributed by atoms with Crippen molar-refractivity contribution in [3.05, 3.63) is 66.1 Å². The second kappa shape index (κ2) is 11.6. The Morgan fingerprint density at radius 2 is 1.89 bits per heavy atom. The van der Waals surface area contributed by atoms with Crippen molar-refractivity contribution >= 4 is 27.4 Å². The molecule has 1 aliphatic rings. The molecule has 1 atom stereocenters. The number of ether oxygens (including phenoxy) is 1. The average Bonchev–Trinajstić information content (AvgIpc) is 2.88. The highest BCUT2D eigenvalue weighted by Gasteiger charge is 2.24. The highest BCUT2D eigenvalue weighted by atomic mass is 32.2. The molecule has 10 nitrogen and oxygen atoms in total. The van der Waals surface area contributed by atoms with Crippen LogP contribution in [0.15, 0.2) is 59.5 Å². The van der Waals surface area contributed by atoms with E-state index in [4.69, 9.17) is 14.8 Å². The molecule has 0 aliphatic carbocycles. The first-order valence-electron chi connectivity index (χ1n) is 11.7. The van der Waals surface area contributed by atoms with E-state index in [1.165, 1.54) is 12.1 Å². The molecule has 1 aliphatic heterocycles. The van der Waals surface area contributed by atoms with Crippen molar-refractivity contribution in [2.24, 2.45) is 0 Å². The number of hydrogen-bond donors (Lipinski definition) is 3. The highest BCUT2D eigenvalue weighted by Crippen LogP contribution is 2.26. The van der Waals surface area contributed by atoms with Gasteiger partial charge in [-0.1, -0.05) is 0 Å². The van der Waals surface area contributed by atoms with Gasteiger partial charge in [-0.25, -0.2) is 27.6 Å². The van der Waals surface area contributed by atoms with E-state index in [9.17, 15) is 17.6 Å². The molecule has 0 spiro atoms. The van der Waals surface area contributed by atoms with Gasteiger partial charge in [-0.2, -0.15) is 0 Å². The summed E-state index contributed by atoms with van der Waals surface area (Å²) < 4.78 is 45.0. The molecule has 1 aromatic heterocycles. The topological polar surface area (TPSA) is 134 Å². The number of sulfone groups is 1. The van der Waals surface area contributed by atoms with E-state index in [2.05, 4.69) is 15.6 Å². The molecule has 0 unspecified atom stereocenters. The van der Waals surface area contributed by atoms with Crippen LogP contribution in [0.1, 0.15) is 12.6 Å². The maximum absolute atomic E-state index is 13.3. The van der Waals surface area contributed by atoms with Gasteiger partial charge in [0.1, 0.15) is 11.6 Å². The first kappa shape index (κ1) is 26.5. The van der Waals surface area contributed by atoms with E-state index in [-0.39, 0.29) is 29.8 Å². The van der Waals surface area contributed by atoms with E-state index in [0.29, 0.717) is 48.3 Å². The minimum Gasteiger partial charge on any atom is -0.395 e. The van der Waals surface area contributed by atoms with E-state index >= 15 is 0 Å². The van der Waals surface area contributed by atoms with E-state index < -0.39 is 21.7 Å². The molecule has 0 bridgehead atoms. The Morgan fingerprint density at radius 1 is 1.16 bits per heavy atom. The molecule has 196 valence electrons. The third kappa shape index (κ3) is 6.79. The summed E-state index contributed by atoms with van der Waals surface area (Å²) in [5, 5.41) is 14.0. The van der Waals surface area contributed by atoms with Crippen molar-refractivity contribution in [1.29, 1.82) is 0 Å². The van der Waals surface area contributed by atoms with Crippen LogP contribution in [-0.2, 0) is 20.3 Å². The number of aliphatic hydroxyl groups is 1. The summed E-state index contributed by atoms with van der Waals surface area (Å²) in [6, 6.07) is 12.7. The Labute approximate surface area is 214 Å². The summed E-state index contributed by atoms with van der Waals surface area (Å²) in [7, 11) is -3.79. The van der Waals surface area contributed by atoms with Gasteiger partial charge >= 0.3 is 6.03 Å². The zero-order valence-corrected chi connectivity index (χ0v) is 21.0. The lowest BCUT2D eigenvalue weighted by Gasteiger charge is -2.34. The van der Waals surface area contributed by atoms with Crippen LogP contribution in [0.2, 0.25) is 0 Å². The van der Waals surface area contributed by atoms with Gasteiger partial charge < -0.3 is 25.4 Å². The summed E-state index contributed by atoms with van der Waals surface area (Å²) in [6.07, 6.45) is 0. The van der Waals surface area contributed by atoms with Crippen LogP contribution in [0.4, 0.5) is 20.7 Å². The molecule has 3 N–H and O–H groups in total. The third-order valence-corrected chi connectivity index (χ3v) is 7.40. The first-order valence-corrected chi connectivity index (χ1v) is 13.4. The van der Waals surface area contributed by atoms with Crippen LogP contribution in [0, 0.1) is 5.82 Å². The van der Waals surface area contributed by atoms with E-state index in [1.807, 2.05) is 11.8 Å². The molecule has 2 aromatic carbocycles. The van der Waals surface area contributed by atoms with Crippen molar-refractivity contribution in [2.45, 2.75) is 23.6 Å². The number of nitrogens with one attached hydrogen (secondary N) is 2. The molecule has 4 rings (SSSR count). The number of anilines is 2. The van der Waals surface area contributed by atoms with Crippen molar-refractivity contribution < 1.29 is 27.4 Å². The largest absolute Gasteiger partial charge is 0.395 e. The Hall–Kier alpha value is -3.61. The number of nitrogens with zero attached hydrogens (tertiary/aromatic N) is 3. The SMILES string of the molecule is C[C@H]1COCCN1c1cc(CS(=O)(=O)c2ccc(F)cc2)nc(-c2ccc(NC(=O)NCCO)cc2)n1. The standard InChI is InChI=1S/C25H28FN5O5S/c1-17-15-36-13-11-31(17)23-14-21(16-37(34,35)22-8-4-19(26)5-9-22)28-24(30-23)18-2-6-20(7-3-18)29-25(33)27-10-12-32/h2-9,14,17,32H,10-13,15-16H2,1H3,(H2,27,29,33)/t17-/m0/s1. The van der Waals surface area contributed by atoms with Gasteiger partial charge in [-0.15, -0.1) is 0 Å². The normalized spacial score (nSPS) is 15.9. The number of carbonyl (C=O) groups is 1. The van der Waals surface area contributed by atoms with Gasteiger partial charge in [0.25, 0.3) is 0 Å². The zero-order valence-electron chi connectivity index (χ0n) is 20.2. The fraction of sp³-hybridized carbons (Fsp3) is 0.320. The second-order valence-electron chi connectivity index (χ2n) is 8.55. The minimum atomic E-state index is -3.79. The van der Waals surface area contributed by atoms with Crippen molar-refractivity contribution in [2.75, 3.05) is 43.1 Å². The van der Waals surface area contributed by atoms with Gasteiger partial charge in [0.05, 0.1) is 42.2 Å². The molecule has 0 radical (unpaired) electrons. The Morgan fingerprint density at radius 3 is 2.57 bits per heavy atom. The predicted molar refractivity (Wildman–Crippen MR) is 136 cm³/mol. The minimum absolute atomic E-state index is 0.00487. The first-order chi connectivity index (χ1) is 17.7. The summed E-state index contributed by atoms with van der Waals surface area (Å²) in [5.74, 6) is 0.00742. The summed E-state index contributed by atoms with van der Waals surface area (Å²) in [4.78, 5) is 23.1. The maximum Gasteiger partial charge on any atom is 0.319 e. The lowest BCUT2D eigenvalue weighted by Crippen LogP contribution is -2.44. The molecular weight excluding hydrogens is 501 g/mol. The average molecular weight is 530 g/mol. The van der Waals surface area contributed by atoms with Gasteiger partial charge in [-0.3, -0.25) is 0 Å². The molecule has 2 amide bonds. The number of hydrogen-bond acceptors (Lipinski definition) is 8. The number of amides is 2. The Kier molecular flexibility index (Phi) is 8.31. The quantitative estimate of drug-likeness (QED) is 0.379. The van der Waals surface area contributed by atoms with Gasteiger partial charge in [-0.05, 0) is 55.5 Å². The van der Waals surface area contributed by atoms with Crippen molar-refractivity contribution in [3.8, 4) is 11.4 Å². The molecule has 1 fully saturated rings. The van der Waals surface area contributed by atoms with Crippen LogP contribution >= 0.6 is 0 Å². The summed E-state index contributed by atoms with van der Waals surface area (Å²) in [5.41, 5.74) is 1.45. The number of urea groups is 1. The molecule has 1 saturated heterocycles. The maximum atomic E-state index is 13.3. The number of halogens is 1. The molecular formula is C25H28FN5O5S. The van der Waals surface area contributed by atoms with Crippen LogP contribution < -0.4 is 15.5 Å². The number of aromatic nitrogens is 2. The monoisotopic (exact) mass is 529 g/mol. The van der Waals surface area contributed by atoms with Gasteiger partial charge in [0.15, 0.2) is 15.7 Å². The number of morpholine rings is 1. The fourth-order valence-electron chi connectivity index (χ4n) is 3.87. The van der Waals surface area contributed by atoms with Crippen LogP contribution in [0.25, 0.3) is 11.4 Å². The summed E-state index contributed by atoms with van der Waals surface area (Å²) in [6.45, 7) is 3.59. The molecule has 0 saturated carbocycles.